The molecule has 0 aliphatic carbocycles. The molecule has 160 valence electrons. The Kier molecular flexibility index (Phi) is 5.69. The molecule has 1 atom stereocenters. The van der Waals surface area contributed by atoms with Crippen molar-refractivity contribution in [2.75, 3.05) is 6.61 Å². The molecule has 1 aliphatic heterocycles. The van der Waals surface area contributed by atoms with Crippen LogP contribution in [0.25, 0.3) is 16.6 Å². The van der Waals surface area contributed by atoms with E-state index in [1.54, 1.807) is 0 Å². The van der Waals surface area contributed by atoms with Crippen LogP contribution in [-0.4, -0.2) is 47.1 Å². The van der Waals surface area contributed by atoms with Gasteiger partial charge in [0.05, 0.1) is 0 Å². The first kappa shape index (κ1) is 20.8. The molecule has 3 aromatic heterocycles. The van der Waals surface area contributed by atoms with E-state index in [0.29, 0.717) is 10.0 Å². The van der Waals surface area contributed by atoms with Gasteiger partial charge in [0.1, 0.15) is 0 Å². The Morgan fingerprint density at radius 2 is 1.94 bits per heavy atom. The number of fused-ring (bicyclic) bond motifs is 3. The molecule has 7 heteroatoms. The van der Waals surface area contributed by atoms with E-state index in [4.69, 9.17) is 19.7 Å². The van der Waals surface area contributed by atoms with Crippen molar-refractivity contribution >= 4 is 41.4 Å². The zero-order chi connectivity index (χ0) is 21.4. The van der Waals surface area contributed by atoms with Crippen LogP contribution in [0.3, 0.4) is 0 Å². The summed E-state index contributed by atoms with van der Waals surface area (Å²) in [6.45, 7) is 8.30. The maximum absolute atomic E-state index is 6.07. The fourth-order valence-electron chi connectivity index (χ4n) is 4.00. The summed E-state index contributed by atoms with van der Waals surface area (Å²) >= 11 is -0.927. The van der Waals surface area contributed by atoms with Gasteiger partial charge in [0, 0.05) is 0 Å². The van der Waals surface area contributed by atoms with Gasteiger partial charge in [0.15, 0.2) is 0 Å². The van der Waals surface area contributed by atoms with E-state index in [1.807, 2.05) is 39.7 Å². The Morgan fingerprint density at radius 1 is 1.10 bits per heavy atom. The summed E-state index contributed by atoms with van der Waals surface area (Å²) in [7, 11) is 0. The van der Waals surface area contributed by atoms with Gasteiger partial charge in [-0.2, -0.15) is 0 Å². The Labute approximate surface area is 192 Å². The van der Waals surface area contributed by atoms with Crippen molar-refractivity contribution < 1.29 is 9.47 Å². The van der Waals surface area contributed by atoms with Crippen molar-refractivity contribution in [1.29, 1.82) is 0 Å². The quantitative estimate of drug-likeness (QED) is 0.362. The number of pyridine rings is 1. The molecule has 0 spiro atoms. The first-order valence-corrected chi connectivity index (χ1v) is 13.8. The van der Waals surface area contributed by atoms with Gasteiger partial charge in [-0.05, 0) is 0 Å². The predicted octanol–water partition coefficient (Wildman–Crippen LogP) is 4.51. The minimum atomic E-state index is -0.927. The third-order valence-electron chi connectivity index (χ3n) is 5.42. The number of aromatic nitrogens is 4. The SMILES string of the molecule is C[C](C)(C)[Sn][c]1nn(C2CCCCO2)c2nn3cc(OCc4ccccc4)ccc3c12. The number of hydrogen-bond donors (Lipinski definition) is 0. The van der Waals surface area contributed by atoms with Crippen LogP contribution in [0.5, 0.6) is 5.75 Å². The van der Waals surface area contributed by atoms with Crippen molar-refractivity contribution in [2.45, 2.75) is 56.3 Å². The standard InChI is InChI=1S/C20H19N4O2.C4H9.Sn/c1-2-6-15(7-3-1)14-26-16-9-10-18-17-12-21-24(19-8-4-5-11-25-19)20(17)22-23(18)13-16;1-4(2)3;/h1-3,6-7,9-10,13,19H,4-5,8,11,14H2;1-3H3;. The number of benzene rings is 1. The first-order chi connectivity index (χ1) is 15.0. The van der Waals surface area contributed by atoms with E-state index >= 15 is 0 Å². The monoisotopic (exact) mass is 524 g/mol. The van der Waals surface area contributed by atoms with Crippen LogP contribution in [-0.2, 0) is 11.3 Å². The van der Waals surface area contributed by atoms with E-state index in [0.717, 1.165) is 41.9 Å². The molecule has 1 saturated heterocycles. The fraction of sp³-hybridized carbons (Fsp3) is 0.417. The molecule has 0 saturated carbocycles. The van der Waals surface area contributed by atoms with Crippen LogP contribution >= 0.6 is 0 Å². The first-order valence-electron chi connectivity index (χ1n) is 10.9. The third-order valence-corrected chi connectivity index (χ3v) is 9.23. The summed E-state index contributed by atoms with van der Waals surface area (Å²) < 4.78 is 17.7. The summed E-state index contributed by atoms with van der Waals surface area (Å²) in [6, 6.07) is 14.4. The topological polar surface area (TPSA) is 53.6 Å². The number of hydrogen-bond acceptors (Lipinski definition) is 4. The number of ether oxygens (including phenoxy) is 2. The summed E-state index contributed by atoms with van der Waals surface area (Å²) in [4.78, 5) is 0. The zero-order valence-electron chi connectivity index (χ0n) is 18.3. The van der Waals surface area contributed by atoms with Gasteiger partial charge >= 0.3 is 193 Å². The molecule has 0 amide bonds. The van der Waals surface area contributed by atoms with Crippen molar-refractivity contribution in [3.63, 3.8) is 0 Å². The molecule has 4 aromatic rings. The summed E-state index contributed by atoms with van der Waals surface area (Å²) in [5, 5.41) is 11.2. The molecule has 1 fully saturated rings. The second-order valence-electron chi connectivity index (χ2n) is 9.16. The van der Waals surface area contributed by atoms with Gasteiger partial charge in [-0.1, -0.05) is 0 Å². The van der Waals surface area contributed by atoms with Crippen molar-refractivity contribution in [1.82, 2.24) is 19.4 Å². The molecule has 31 heavy (non-hydrogen) atoms. The summed E-state index contributed by atoms with van der Waals surface area (Å²) in [6.07, 6.45) is 5.26. The zero-order valence-corrected chi connectivity index (χ0v) is 21.2. The average molecular weight is 523 g/mol. The van der Waals surface area contributed by atoms with Gasteiger partial charge in [0.25, 0.3) is 0 Å². The molecular weight excluding hydrogens is 495 g/mol. The summed E-state index contributed by atoms with van der Waals surface area (Å²) in [5.74, 6) is 0.812. The fourth-order valence-corrected chi connectivity index (χ4v) is 7.52. The van der Waals surface area contributed by atoms with Crippen LogP contribution in [0.4, 0.5) is 0 Å². The Bertz CT molecular complexity index is 1190. The van der Waals surface area contributed by atoms with Crippen LogP contribution < -0.4 is 8.45 Å². The van der Waals surface area contributed by atoms with Crippen molar-refractivity contribution in [3.05, 3.63) is 54.2 Å². The van der Waals surface area contributed by atoms with Crippen molar-refractivity contribution in [2.24, 2.45) is 0 Å². The molecule has 2 radical (unpaired) electrons. The molecule has 1 unspecified atom stereocenters. The van der Waals surface area contributed by atoms with E-state index in [-0.39, 0.29) is 6.23 Å². The van der Waals surface area contributed by atoms with Gasteiger partial charge in [0.2, 0.25) is 0 Å². The van der Waals surface area contributed by atoms with E-state index < -0.39 is 21.1 Å². The maximum atomic E-state index is 6.07. The Morgan fingerprint density at radius 3 is 2.68 bits per heavy atom. The van der Waals surface area contributed by atoms with Crippen LogP contribution in [0, 0.1) is 0 Å². The minimum absolute atomic E-state index is 0.0111. The molecule has 0 bridgehead atoms. The normalized spacial score (nSPS) is 17.5. The van der Waals surface area contributed by atoms with Crippen LogP contribution in [0.1, 0.15) is 51.8 Å². The van der Waals surface area contributed by atoms with Crippen LogP contribution in [0.15, 0.2) is 48.7 Å². The third kappa shape index (κ3) is 4.46. The van der Waals surface area contributed by atoms with Gasteiger partial charge in [-0.25, -0.2) is 0 Å². The number of nitrogens with zero attached hydrogens (tertiary/aromatic N) is 4. The number of rotatable bonds is 5. The average Bonchev–Trinajstić information content (AvgIpc) is 3.30. The summed E-state index contributed by atoms with van der Waals surface area (Å²) in [5.41, 5.74) is 3.19. The molecule has 0 N–H and O–H groups in total. The second kappa shape index (κ2) is 8.47. The Hall–Kier alpha value is -2.06. The molecule has 1 aliphatic rings. The predicted molar refractivity (Wildman–Crippen MR) is 123 cm³/mol. The molecular formula is C24H28N4O2Sn. The molecule has 4 heterocycles. The van der Waals surface area contributed by atoms with E-state index in [1.165, 1.54) is 15.5 Å². The van der Waals surface area contributed by atoms with E-state index in [9.17, 15) is 0 Å². The van der Waals surface area contributed by atoms with Gasteiger partial charge in [-0.15, -0.1) is 0 Å². The van der Waals surface area contributed by atoms with E-state index in [2.05, 4.69) is 39.0 Å². The van der Waals surface area contributed by atoms with Crippen molar-refractivity contribution in [3.8, 4) is 5.75 Å². The van der Waals surface area contributed by atoms with Gasteiger partial charge in [-0.3, -0.25) is 0 Å². The molecule has 6 nitrogen and oxygen atoms in total. The second-order valence-corrected chi connectivity index (χ2v) is 15.5. The van der Waals surface area contributed by atoms with Crippen LogP contribution in [0.2, 0.25) is 3.43 Å². The Balaban J connectivity index is 1.53. The molecule has 5 rings (SSSR count). The molecule has 1 aromatic carbocycles. The van der Waals surface area contributed by atoms with Gasteiger partial charge < -0.3 is 0 Å².